The highest BCUT2D eigenvalue weighted by atomic mass is 16.5. The lowest BCUT2D eigenvalue weighted by atomic mass is 9.98. The van der Waals surface area contributed by atoms with E-state index in [0.29, 0.717) is 6.61 Å². The molecule has 1 unspecified atom stereocenters. The van der Waals surface area contributed by atoms with Gasteiger partial charge in [0.25, 0.3) is 0 Å². The Balaban J connectivity index is 1.67. The minimum absolute atomic E-state index is 0.0729. The first-order chi connectivity index (χ1) is 13.8. The molecule has 6 nitrogen and oxygen atoms in total. The molecule has 0 bridgehead atoms. The van der Waals surface area contributed by atoms with Crippen LogP contribution in [-0.2, 0) is 14.3 Å². The number of benzene rings is 2. The molecule has 29 heavy (non-hydrogen) atoms. The zero-order valence-corrected chi connectivity index (χ0v) is 17.0. The monoisotopic (exact) mass is 397 g/mol. The van der Waals surface area contributed by atoms with E-state index in [4.69, 9.17) is 9.47 Å². The van der Waals surface area contributed by atoms with Crippen LogP contribution in [0.25, 0.3) is 11.1 Å². The van der Waals surface area contributed by atoms with Gasteiger partial charge in [-0.25, -0.2) is 9.59 Å². The summed E-state index contributed by atoms with van der Waals surface area (Å²) in [5.41, 5.74) is 3.81. The molecule has 0 radical (unpaired) electrons. The van der Waals surface area contributed by atoms with E-state index in [2.05, 4.69) is 17.4 Å². The van der Waals surface area contributed by atoms with Gasteiger partial charge in [0.2, 0.25) is 0 Å². The van der Waals surface area contributed by atoms with E-state index in [1.54, 1.807) is 13.8 Å². The molecular formula is C23H27NO5. The van der Waals surface area contributed by atoms with Crippen molar-refractivity contribution in [3.63, 3.8) is 0 Å². The second kappa shape index (κ2) is 8.66. The van der Waals surface area contributed by atoms with Crippen molar-refractivity contribution in [2.24, 2.45) is 0 Å². The zero-order valence-electron chi connectivity index (χ0n) is 17.0. The predicted molar refractivity (Wildman–Crippen MR) is 110 cm³/mol. The van der Waals surface area contributed by atoms with Crippen molar-refractivity contribution in [3.8, 4) is 11.1 Å². The molecule has 0 heterocycles. The summed E-state index contributed by atoms with van der Waals surface area (Å²) in [4.78, 5) is 23.9. The van der Waals surface area contributed by atoms with Crippen LogP contribution in [0.2, 0.25) is 0 Å². The van der Waals surface area contributed by atoms with E-state index in [9.17, 15) is 14.7 Å². The molecule has 0 saturated carbocycles. The van der Waals surface area contributed by atoms with Gasteiger partial charge in [-0.05, 0) is 43.0 Å². The highest BCUT2D eigenvalue weighted by Crippen LogP contribution is 2.44. The van der Waals surface area contributed by atoms with Crippen LogP contribution in [-0.4, -0.2) is 42.0 Å². The summed E-state index contributed by atoms with van der Waals surface area (Å²) in [7, 11) is 0. The number of carboxylic acids is 1. The fourth-order valence-corrected chi connectivity index (χ4v) is 3.92. The fourth-order valence-electron chi connectivity index (χ4n) is 3.92. The Morgan fingerprint density at radius 2 is 1.62 bits per heavy atom. The Labute approximate surface area is 170 Å². The molecule has 2 N–H and O–H groups in total. The van der Waals surface area contributed by atoms with Gasteiger partial charge in [0.05, 0.1) is 5.60 Å². The third-order valence-corrected chi connectivity index (χ3v) is 5.16. The second-order valence-corrected chi connectivity index (χ2v) is 7.76. The summed E-state index contributed by atoms with van der Waals surface area (Å²) >= 11 is 0. The summed E-state index contributed by atoms with van der Waals surface area (Å²) in [5.74, 6) is -1.19. The van der Waals surface area contributed by atoms with Crippen LogP contribution in [0.1, 0.15) is 44.2 Å². The Hall–Kier alpha value is -2.86. The lowest BCUT2D eigenvalue weighted by Gasteiger charge is -2.28. The quantitative estimate of drug-likeness (QED) is 0.698. The van der Waals surface area contributed by atoms with Crippen molar-refractivity contribution < 1.29 is 24.2 Å². The van der Waals surface area contributed by atoms with Gasteiger partial charge < -0.3 is 19.9 Å². The molecule has 0 spiro atoms. The standard InChI is InChI=1S/C23H27NO5/c1-4-29-23(2,3)13-20(21(25)26)24-22(27)28-14-19-17-11-7-5-9-15(17)16-10-6-8-12-18(16)19/h5-12,19-20H,4,13-14H2,1-3H3,(H,24,27)(H,25,26). The van der Waals surface area contributed by atoms with E-state index in [0.717, 1.165) is 22.3 Å². The number of alkyl carbamates (subject to hydrolysis) is 1. The van der Waals surface area contributed by atoms with Crippen LogP contribution >= 0.6 is 0 Å². The van der Waals surface area contributed by atoms with E-state index in [1.807, 2.05) is 43.3 Å². The predicted octanol–water partition coefficient (Wildman–Crippen LogP) is 4.18. The average Bonchev–Trinajstić information content (AvgIpc) is 2.99. The second-order valence-electron chi connectivity index (χ2n) is 7.76. The third-order valence-electron chi connectivity index (χ3n) is 5.16. The van der Waals surface area contributed by atoms with Gasteiger partial charge in [0, 0.05) is 18.9 Å². The maximum Gasteiger partial charge on any atom is 0.407 e. The highest BCUT2D eigenvalue weighted by molar-refractivity contribution is 5.81. The molecule has 0 aromatic heterocycles. The van der Waals surface area contributed by atoms with Gasteiger partial charge in [-0.15, -0.1) is 0 Å². The van der Waals surface area contributed by atoms with Crippen LogP contribution < -0.4 is 5.32 Å². The molecule has 3 rings (SSSR count). The average molecular weight is 397 g/mol. The van der Waals surface area contributed by atoms with Crippen LogP contribution in [0.3, 0.4) is 0 Å². The number of hydrogen-bond donors (Lipinski definition) is 2. The van der Waals surface area contributed by atoms with E-state index >= 15 is 0 Å². The Morgan fingerprint density at radius 3 is 2.14 bits per heavy atom. The maximum atomic E-state index is 12.3. The molecular weight excluding hydrogens is 370 g/mol. The molecule has 1 amide bonds. The Kier molecular flexibility index (Phi) is 6.23. The zero-order chi connectivity index (χ0) is 21.0. The van der Waals surface area contributed by atoms with Crippen molar-refractivity contribution in [1.82, 2.24) is 5.32 Å². The fraction of sp³-hybridized carbons (Fsp3) is 0.391. The molecule has 0 aliphatic heterocycles. The van der Waals surface area contributed by atoms with Crippen LogP contribution in [0, 0.1) is 0 Å². The summed E-state index contributed by atoms with van der Waals surface area (Å²) in [6.07, 6.45) is -0.605. The molecule has 6 heteroatoms. The normalized spacial score (nSPS) is 14.0. The van der Waals surface area contributed by atoms with Gasteiger partial charge in [-0.3, -0.25) is 0 Å². The van der Waals surface area contributed by atoms with E-state index in [1.165, 1.54) is 0 Å². The number of carbonyl (C=O) groups excluding carboxylic acids is 1. The molecule has 0 saturated heterocycles. The lowest BCUT2D eigenvalue weighted by Crippen LogP contribution is -2.46. The van der Waals surface area contributed by atoms with E-state index in [-0.39, 0.29) is 18.9 Å². The number of rotatable bonds is 8. The minimum atomic E-state index is -1.12. The minimum Gasteiger partial charge on any atom is -0.480 e. The largest absolute Gasteiger partial charge is 0.480 e. The van der Waals surface area contributed by atoms with Crippen molar-refractivity contribution >= 4 is 12.1 Å². The Bertz CT molecular complexity index is 847. The van der Waals surface area contributed by atoms with Crippen molar-refractivity contribution in [2.45, 2.75) is 44.8 Å². The third kappa shape index (κ3) is 4.77. The number of fused-ring (bicyclic) bond motifs is 3. The summed E-state index contributed by atoms with van der Waals surface area (Å²) in [6, 6.07) is 15.0. The molecule has 1 aliphatic rings. The molecule has 0 fully saturated rings. The summed E-state index contributed by atoms with van der Waals surface area (Å²) in [6.45, 7) is 6.04. The molecule has 1 atom stereocenters. The first-order valence-corrected chi connectivity index (χ1v) is 9.80. The molecule has 2 aromatic rings. The van der Waals surface area contributed by atoms with Gasteiger partial charge in [0.1, 0.15) is 12.6 Å². The molecule has 154 valence electrons. The summed E-state index contributed by atoms with van der Waals surface area (Å²) in [5, 5.41) is 11.9. The van der Waals surface area contributed by atoms with Gasteiger partial charge >= 0.3 is 12.1 Å². The number of aliphatic carboxylic acids is 1. The van der Waals surface area contributed by atoms with Crippen LogP contribution in [0.5, 0.6) is 0 Å². The first kappa shape index (κ1) is 20.9. The number of ether oxygens (including phenoxy) is 2. The smallest absolute Gasteiger partial charge is 0.407 e. The maximum absolute atomic E-state index is 12.3. The first-order valence-electron chi connectivity index (χ1n) is 9.80. The SMILES string of the molecule is CCOC(C)(C)CC(NC(=O)OCC1c2ccccc2-c2ccccc21)C(=O)O. The van der Waals surface area contributed by atoms with Crippen LogP contribution in [0.15, 0.2) is 48.5 Å². The van der Waals surface area contributed by atoms with E-state index < -0.39 is 23.7 Å². The molecule has 2 aromatic carbocycles. The van der Waals surface area contributed by atoms with Crippen molar-refractivity contribution in [3.05, 3.63) is 59.7 Å². The Morgan fingerprint density at radius 1 is 1.07 bits per heavy atom. The van der Waals surface area contributed by atoms with Crippen LogP contribution in [0.4, 0.5) is 4.79 Å². The highest BCUT2D eigenvalue weighted by Gasteiger charge is 2.32. The number of carboxylic acid groups (broad SMARTS) is 1. The van der Waals surface area contributed by atoms with Crippen molar-refractivity contribution in [1.29, 1.82) is 0 Å². The van der Waals surface area contributed by atoms with Crippen molar-refractivity contribution in [2.75, 3.05) is 13.2 Å². The summed E-state index contributed by atoms with van der Waals surface area (Å²) < 4.78 is 11.0. The number of nitrogens with one attached hydrogen (secondary N) is 1. The van der Waals surface area contributed by atoms with Gasteiger partial charge in [0.15, 0.2) is 0 Å². The topological polar surface area (TPSA) is 84.9 Å². The van der Waals surface area contributed by atoms with Gasteiger partial charge in [-0.2, -0.15) is 0 Å². The van der Waals surface area contributed by atoms with Gasteiger partial charge in [-0.1, -0.05) is 48.5 Å². The number of carbonyl (C=O) groups is 2. The lowest BCUT2D eigenvalue weighted by molar-refractivity contribution is -0.141. The number of amides is 1. The molecule has 1 aliphatic carbocycles. The number of hydrogen-bond acceptors (Lipinski definition) is 4.